The molecule has 11 heteroatoms. The third-order valence-corrected chi connectivity index (χ3v) is 6.53. The van der Waals surface area contributed by atoms with Gasteiger partial charge < -0.3 is 14.9 Å². The highest BCUT2D eigenvalue weighted by molar-refractivity contribution is 7.92. The van der Waals surface area contributed by atoms with Crippen LogP contribution in [0.3, 0.4) is 0 Å². The molecule has 1 aromatic carbocycles. The molecule has 0 atom stereocenters. The maximum absolute atomic E-state index is 12.5. The Labute approximate surface area is 171 Å². The summed E-state index contributed by atoms with van der Waals surface area (Å²) in [6, 6.07) is 6.02. The van der Waals surface area contributed by atoms with E-state index in [4.69, 9.17) is 4.52 Å². The van der Waals surface area contributed by atoms with Crippen LogP contribution in [0.1, 0.15) is 40.0 Å². The first-order valence-electron chi connectivity index (χ1n) is 8.77. The summed E-state index contributed by atoms with van der Waals surface area (Å²) in [7, 11) is -3.84. The van der Waals surface area contributed by atoms with Crippen molar-refractivity contribution in [2.75, 3.05) is 10.0 Å². The van der Waals surface area contributed by atoms with Crippen molar-refractivity contribution in [2.24, 2.45) is 0 Å². The number of nitrogens with one attached hydrogen (secondary N) is 2. The van der Waals surface area contributed by atoms with Crippen LogP contribution in [0.25, 0.3) is 0 Å². The molecule has 3 aromatic rings. The van der Waals surface area contributed by atoms with Crippen LogP contribution in [-0.4, -0.2) is 29.6 Å². The molecular weight excluding hydrogens is 416 g/mol. The highest BCUT2D eigenvalue weighted by Crippen LogP contribution is 2.28. The maximum Gasteiger partial charge on any atom is 0.347 e. The van der Waals surface area contributed by atoms with Crippen LogP contribution in [-0.2, 0) is 16.4 Å². The number of carboxylic acid groups (broad SMARTS) is 1. The van der Waals surface area contributed by atoms with Crippen LogP contribution in [0, 0.1) is 13.8 Å². The molecule has 0 aliphatic rings. The van der Waals surface area contributed by atoms with Gasteiger partial charge in [-0.1, -0.05) is 29.8 Å². The number of aromatic carboxylic acids is 1. The van der Waals surface area contributed by atoms with Crippen molar-refractivity contribution in [2.45, 2.75) is 38.5 Å². The topological polar surface area (TPSA) is 134 Å². The van der Waals surface area contributed by atoms with Gasteiger partial charge >= 0.3 is 5.97 Å². The third kappa shape index (κ3) is 4.57. The van der Waals surface area contributed by atoms with Crippen molar-refractivity contribution < 1.29 is 22.8 Å². The van der Waals surface area contributed by atoms with E-state index in [0.717, 1.165) is 17.8 Å². The van der Waals surface area contributed by atoms with E-state index in [2.05, 4.69) is 20.2 Å². The van der Waals surface area contributed by atoms with Gasteiger partial charge in [0.25, 0.3) is 10.0 Å². The summed E-state index contributed by atoms with van der Waals surface area (Å²) in [5.41, 5.74) is 2.35. The number of carbonyl (C=O) groups is 1. The second-order valence-electron chi connectivity index (χ2n) is 6.33. The minimum atomic E-state index is -3.84. The lowest BCUT2D eigenvalue weighted by Gasteiger charge is -2.07. The van der Waals surface area contributed by atoms with E-state index < -0.39 is 16.0 Å². The summed E-state index contributed by atoms with van der Waals surface area (Å²) in [5, 5.41) is 16.5. The Hall–Kier alpha value is -2.92. The predicted molar refractivity (Wildman–Crippen MR) is 110 cm³/mol. The Kier molecular flexibility index (Phi) is 5.89. The first-order valence-corrected chi connectivity index (χ1v) is 11.1. The number of hydrogen-bond acceptors (Lipinski definition) is 8. The predicted octanol–water partition coefficient (Wildman–Crippen LogP) is 3.94. The smallest absolute Gasteiger partial charge is 0.347 e. The third-order valence-electron chi connectivity index (χ3n) is 4.18. The molecule has 0 aliphatic heterocycles. The number of nitrogens with zero attached hydrogens (tertiary/aromatic N) is 2. The molecule has 0 amide bonds. The average molecular weight is 437 g/mol. The number of aryl methyl sites for hydroxylation is 2. The zero-order valence-corrected chi connectivity index (χ0v) is 17.6. The molecule has 0 radical (unpaired) electrons. The summed E-state index contributed by atoms with van der Waals surface area (Å²) in [4.78, 5) is 15.9. The molecule has 9 nitrogen and oxygen atoms in total. The molecule has 2 aromatic heterocycles. The van der Waals surface area contributed by atoms with Crippen LogP contribution in [0.5, 0.6) is 0 Å². The first kappa shape index (κ1) is 20.8. The Morgan fingerprint density at radius 1 is 1.24 bits per heavy atom. The molecule has 3 N–H and O–H groups in total. The second kappa shape index (κ2) is 8.21. The van der Waals surface area contributed by atoms with E-state index >= 15 is 0 Å². The number of aromatic nitrogens is 2. The van der Waals surface area contributed by atoms with Gasteiger partial charge in [0.05, 0.1) is 16.3 Å². The first-order chi connectivity index (χ1) is 13.7. The standard InChI is InChI=1S/C18H20N4O5S2/c1-4-5-14-15(17(23)24)28-18(20-14)19-12-6-8-13(9-7-12)29(25,26)22-16-10(2)11(3)21-27-16/h6-9,22H,4-5H2,1-3H3,(H,19,20)(H,23,24). The number of thiazole rings is 1. The van der Waals surface area contributed by atoms with E-state index in [1.165, 1.54) is 12.1 Å². The fourth-order valence-electron chi connectivity index (χ4n) is 2.51. The summed E-state index contributed by atoms with van der Waals surface area (Å²) in [5.74, 6) is -0.929. The molecule has 0 fully saturated rings. The monoisotopic (exact) mass is 436 g/mol. The Morgan fingerprint density at radius 3 is 2.48 bits per heavy atom. The molecule has 2 heterocycles. The minimum absolute atomic E-state index is 0.0496. The van der Waals surface area contributed by atoms with E-state index in [0.29, 0.717) is 34.2 Å². The van der Waals surface area contributed by atoms with Gasteiger partial charge in [-0.05, 0) is 44.5 Å². The van der Waals surface area contributed by atoms with Crippen molar-refractivity contribution in [1.82, 2.24) is 10.1 Å². The van der Waals surface area contributed by atoms with Crippen LogP contribution < -0.4 is 10.0 Å². The van der Waals surface area contributed by atoms with Gasteiger partial charge in [0.2, 0.25) is 5.88 Å². The van der Waals surface area contributed by atoms with Crippen molar-refractivity contribution in [3.63, 3.8) is 0 Å². The number of hydrogen-bond donors (Lipinski definition) is 3. The lowest BCUT2D eigenvalue weighted by molar-refractivity contribution is 0.0700. The zero-order valence-electron chi connectivity index (χ0n) is 16.0. The van der Waals surface area contributed by atoms with Gasteiger partial charge in [0, 0.05) is 11.3 Å². The highest BCUT2D eigenvalue weighted by atomic mass is 32.2. The zero-order chi connectivity index (χ0) is 21.2. The minimum Gasteiger partial charge on any atom is -0.477 e. The molecule has 0 unspecified atom stereocenters. The van der Waals surface area contributed by atoms with E-state index in [-0.39, 0.29) is 15.7 Å². The van der Waals surface area contributed by atoms with Crippen LogP contribution in [0.4, 0.5) is 16.7 Å². The van der Waals surface area contributed by atoms with Crippen molar-refractivity contribution >= 4 is 44.0 Å². The van der Waals surface area contributed by atoms with Crippen molar-refractivity contribution in [3.8, 4) is 0 Å². The summed E-state index contributed by atoms with van der Waals surface area (Å²) < 4.78 is 32.4. The van der Waals surface area contributed by atoms with Crippen LogP contribution in [0.2, 0.25) is 0 Å². The fourth-order valence-corrected chi connectivity index (χ4v) is 4.43. The van der Waals surface area contributed by atoms with E-state index in [1.54, 1.807) is 26.0 Å². The van der Waals surface area contributed by atoms with Gasteiger partial charge in [-0.2, -0.15) is 0 Å². The lowest BCUT2D eigenvalue weighted by atomic mass is 10.2. The fraction of sp³-hybridized carbons (Fsp3) is 0.278. The Bertz CT molecular complexity index is 1130. The van der Waals surface area contributed by atoms with Gasteiger partial charge in [-0.25, -0.2) is 22.9 Å². The number of carboxylic acids is 1. The molecule has 29 heavy (non-hydrogen) atoms. The quantitative estimate of drug-likeness (QED) is 0.483. The molecular formula is C18H20N4O5S2. The second-order valence-corrected chi connectivity index (χ2v) is 9.01. The van der Waals surface area contributed by atoms with E-state index in [9.17, 15) is 18.3 Å². The average Bonchev–Trinajstić information content (AvgIpc) is 3.20. The number of anilines is 3. The molecule has 154 valence electrons. The van der Waals surface area contributed by atoms with Crippen LogP contribution in [0.15, 0.2) is 33.7 Å². The van der Waals surface area contributed by atoms with Crippen molar-refractivity contribution in [1.29, 1.82) is 0 Å². The number of benzene rings is 1. The molecule has 3 rings (SSSR count). The summed E-state index contributed by atoms with van der Waals surface area (Å²) in [6.45, 7) is 5.38. The molecule has 0 spiro atoms. The molecule has 0 saturated carbocycles. The van der Waals surface area contributed by atoms with Gasteiger partial charge in [-0.3, -0.25) is 0 Å². The highest BCUT2D eigenvalue weighted by Gasteiger charge is 2.20. The van der Waals surface area contributed by atoms with Crippen molar-refractivity contribution in [3.05, 3.63) is 46.1 Å². The largest absolute Gasteiger partial charge is 0.477 e. The summed E-state index contributed by atoms with van der Waals surface area (Å²) >= 11 is 1.05. The van der Waals surface area contributed by atoms with Crippen LogP contribution >= 0.6 is 11.3 Å². The molecule has 0 bridgehead atoms. The maximum atomic E-state index is 12.5. The van der Waals surface area contributed by atoms with Gasteiger partial charge in [-0.15, -0.1) is 0 Å². The Morgan fingerprint density at radius 2 is 1.93 bits per heavy atom. The van der Waals surface area contributed by atoms with E-state index in [1.807, 2.05) is 6.92 Å². The molecule has 0 aliphatic carbocycles. The van der Waals surface area contributed by atoms with Gasteiger partial charge in [0.15, 0.2) is 5.13 Å². The normalized spacial score (nSPS) is 11.4. The number of sulfonamides is 1. The SMILES string of the molecule is CCCc1nc(Nc2ccc(S(=O)(=O)Nc3onc(C)c3C)cc2)sc1C(=O)O. The van der Waals surface area contributed by atoms with Gasteiger partial charge in [0.1, 0.15) is 4.88 Å². The number of rotatable bonds is 8. The lowest BCUT2D eigenvalue weighted by Crippen LogP contribution is -2.13. The Balaban J connectivity index is 1.77. The summed E-state index contributed by atoms with van der Waals surface area (Å²) in [6.07, 6.45) is 1.36. The molecule has 0 saturated heterocycles.